The van der Waals surface area contributed by atoms with Gasteiger partial charge < -0.3 is 14.0 Å². The van der Waals surface area contributed by atoms with Gasteiger partial charge in [0.15, 0.2) is 0 Å². The van der Waals surface area contributed by atoms with E-state index in [4.69, 9.17) is 14.0 Å². The minimum Gasteiger partial charge on any atom is -0.494 e. The maximum atomic E-state index is 12.1. The number of benzene rings is 2. The lowest BCUT2D eigenvalue weighted by Gasteiger charge is -2.05. The Balaban J connectivity index is 1.57. The Labute approximate surface area is 183 Å². The largest absolute Gasteiger partial charge is 0.494 e. The molecule has 0 saturated heterocycles. The van der Waals surface area contributed by atoms with Crippen LogP contribution in [0.25, 0.3) is 22.8 Å². The molecule has 0 saturated carbocycles. The molecule has 31 heavy (non-hydrogen) atoms. The monoisotopic (exact) mass is 422 g/mol. The van der Waals surface area contributed by atoms with Gasteiger partial charge in [0, 0.05) is 11.1 Å². The minimum atomic E-state index is -0.310. The first-order chi connectivity index (χ1) is 15.2. The van der Waals surface area contributed by atoms with Crippen molar-refractivity contribution in [2.24, 2.45) is 0 Å². The van der Waals surface area contributed by atoms with Crippen molar-refractivity contribution >= 4 is 5.97 Å². The van der Waals surface area contributed by atoms with E-state index in [1.165, 1.54) is 0 Å². The smallest absolute Gasteiger partial charge is 0.338 e. The third kappa shape index (κ3) is 6.67. The Morgan fingerprint density at radius 1 is 0.839 bits per heavy atom. The molecule has 0 unspecified atom stereocenters. The predicted octanol–water partition coefficient (Wildman–Crippen LogP) is 6.32. The average molecular weight is 423 g/mol. The standard InChI is InChI=1S/C25H30N2O4/c1-3-5-7-8-18-30-25(28)21-11-9-20(10-12-21)24-26-23(27-31-24)19-13-15-22(16-14-19)29-17-6-4-2/h9-16H,3-8,17-18H2,1-2H3. The zero-order chi connectivity index (χ0) is 21.9. The summed E-state index contributed by atoms with van der Waals surface area (Å²) in [4.78, 5) is 16.6. The van der Waals surface area contributed by atoms with Crippen molar-refractivity contribution in [3.63, 3.8) is 0 Å². The summed E-state index contributed by atoms with van der Waals surface area (Å²) in [6.45, 7) is 5.45. The molecule has 1 aromatic heterocycles. The van der Waals surface area contributed by atoms with E-state index in [0.717, 1.165) is 55.4 Å². The van der Waals surface area contributed by atoms with Crippen LogP contribution < -0.4 is 4.74 Å². The summed E-state index contributed by atoms with van der Waals surface area (Å²) in [7, 11) is 0. The van der Waals surface area contributed by atoms with Crippen LogP contribution in [0.3, 0.4) is 0 Å². The lowest BCUT2D eigenvalue weighted by atomic mass is 10.1. The third-order valence-corrected chi connectivity index (χ3v) is 4.90. The molecule has 1 heterocycles. The van der Waals surface area contributed by atoms with Crippen molar-refractivity contribution in [2.45, 2.75) is 52.4 Å². The summed E-state index contributed by atoms with van der Waals surface area (Å²) < 4.78 is 16.4. The molecule has 0 spiro atoms. The Kier molecular flexibility index (Phi) is 8.64. The Morgan fingerprint density at radius 3 is 2.26 bits per heavy atom. The number of ether oxygens (including phenoxy) is 2. The topological polar surface area (TPSA) is 74.5 Å². The molecule has 6 heteroatoms. The average Bonchev–Trinajstić information content (AvgIpc) is 3.30. The van der Waals surface area contributed by atoms with Crippen LogP contribution in [0.1, 0.15) is 62.7 Å². The maximum Gasteiger partial charge on any atom is 0.338 e. The molecule has 0 atom stereocenters. The molecular weight excluding hydrogens is 392 g/mol. The van der Waals surface area contributed by atoms with Gasteiger partial charge in [-0.3, -0.25) is 0 Å². The molecule has 0 aliphatic carbocycles. The van der Waals surface area contributed by atoms with Gasteiger partial charge in [0.25, 0.3) is 5.89 Å². The molecule has 0 N–H and O–H groups in total. The van der Waals surface area contributed by atoms with E-state index in [1.54, 1.807) is 24.3 Å². The van der Waals surface area contributed by atoms with Crippen molar-refractivity contribution in [1.29, 1.82) is 0 Å². The second kappa shape index (κ2) is 11.9. The fourth-order valence-electron chi connectivity index (χ4n) is 3.02. The summed E-state index contributed by atoms with van der Waals surface area (Å²) in [5.41, 5.74) is 2.11. The van der Waals surface area contributed by atoms with Crippen molar-refractivity contribution in [3.8, 4) is 28.6 Å². The van der Waals surface area contributed by atoms with Crippen molar-refractivity contribution < 1.29 is 18.8 Å². The summed E-state index contributed by atoms with van der Waals surface area (Å²) in [5, 5.41) is 4.07. The molecule has 3 aromatic rings. The summed E-state index contributed by atoms with van der Waals surface area (Å²) in [5.74, 6) is 1.42. The fraction of sp³-hybridized carbons (Fsp3) is 0.400. The molecule has 0 aliphatic heterocycles. The summed E-state index contributed by atoms with van der Waals surface area (Å²) in [6.07, 6.45) is 6.43. The number of rotatable bonds is 12. The lowest BCUT2D eigenvalue weighted by Crippen LogP contribution is -2.06. The van der Waals surface area contributed by atoms with Crippen LogP contribution in [-0.2, 0) is 4.74 Å². The number of carbonyl (C=O) groups is 1. The number of nitrogens with zero attached hydrogens (tertiary/aromatic N) is 2. The van der Waals surface area contributed by atoms with E-state index in [2.05, 4.69) is 24.0 Å². The van der Waals surface area contributed by atoms with Crippen molar-refractivity contribution in [3.05, 3.63) is 54.1 Å². The van der Waals surface area contributed by atoms with Gasteiger partial charge in [-0.1, -0.05) is 44.7 Å². The highest BCUT2D eigenvalue weighted by atomic mass is 16.5. The normalized spacial score (nSPS) is 10.8. The highest BCUT2D eigenvalue weighted by Crippen LogP contribution is 2.24. The molecule has 164 valence electrons. The van der Waals surface area contributed by atoms with Crippen LogP contribution in [-0.4, -0.2) is 29.3 Å². The molecule has 0 bridgehead atoms. The third-order valence-electron chi connectivity index (χ3n) is 4.90. The molecule has 6 nitrogen and oxygen atoms in total. The van der Waals surface area contributed by atoms with E-state index in [-0.39, 0.29) is 5.97 Å². The van der Waals surface area contributed by atoms with Crippen LogP contribution in [0.5, 0.6) is 5.75 Å². The number of esters is 1. The molecule has 0 amide bonds. The zero-order valence-corrected chi connectivity index (χ0v) is 18.3. The highest BCUT2D eigenvalue weighted by molar-refractivity contribution is 5.89. The van der Waals surface area contributed by atoms with E-state index in [9.17, 15) is 4.79 Å². The van der Waals surface area contributed by atoms with Crippen LogP contribution in [0, 0.1) is 0 Å². The van der Waals surface area contributed by atoms with Gasteiger partial charge in [0.05, 0.1) is 18.8 Å². The van der Waals surface area contributed by atoms with Gasteiger partial charge in [-0.25, -0.2) is 4.79 Å². The van der Waals surface area contributed by atoms with Gasteiger partial charge in [-0.2, -0.15) is 4.98 Å². The molecule has 0 fully saturated rings. The molecule has 3 rings (SSSR count). The Hall–Kier alpha value is -3.15. The quantitative estimate of drug-likeness (QED) is 0.251. The minimum absolute atomic E-state index is 0.310. The summed E-state index contributed by atoms with van der Waals surface area (Å²) >= 11 is 0. The van der Waals surface area contributed by atoms with Crippen molar-refractivity contribution in [2.75, 3.05) is 13.2 Å². The van der Waals surface area contributed by atoms with Gasteiger partial charge in [0.2, 0.25) is 5.82 Å². The van der Waals surface area contributed by atoms with E-state index < -0.39 is 0 Å². The van der Waals surface area contributed by atoms with Crippen LogP contribution in [0.2, 0.25) is 0 Å². The first-order valence-electron chi connectivity index (χ1n) is 11.1. The number of aromatic nitrogens is 2. The maximum absolute atomic E-state index is 12.1. The highest BCUT2D eigenvalue weighted by Gasteiger charge is 2.13. The van der Waals surface area contributed by atoms with E-state index in [0.29, 0.717) is 30.5 Å². The number of hydrogen-bond acceptors (Lipinski definition) is 6. The SMILES string of the molecule is CCCCCCOC(=O)c1ccc(-c2nc(-c3ccc(OCCCC)cc3)no2)cc1. The van der Waals surface area contributed by atoms with Crippen LogP contribution >= 0.6 is 0 Å². The molecule has 2 aromatic carbocycles. The number of unbranched alkanes of at least 4 members (excludes halogenated alkanes) is 4. The van der Waals surface area contributed by atoms with Crippen LogP contribution in [0.15, 0.2) is 53.1 Å². The van der Waals surface area contributed by atoms with Gasteiger partial charge in [-0.05, 0) is 61.4 Å². The van der Waals surface area contributed by atoms with E-state index in [1.807, 2.05) is 24.3 Å². The lowest BCUT2D eigenvalue weighted by molar-refractivity contribution is 0.0498. The number of carbonyl (C=O) groups excluding carboxylic acids is 1. The first-order valence-corrected chi connectivity index (χ1v) is 11.1. The Bertz CT molecular complexity index is 933. The molecule has 0 radical (unpaired) electrons. The first kappa shape index (κ1) is 22.5. The van der Waals surface area contributed by atoms with Gasteiger partial charge in [0.1, 0.15) is 5.75 Å². The van der Waals surface area contributed by atoms with Gasteiger partial charge in [-0.15, -0.1) is 0 Å². The Morgan fingerprint density at radius 2 is 1.55 bits per heavy atom. The predicted molar refractivity (Wildman–Crippen MR) is 120 cm³/mol. The molecule has 0 aliphatic rings. The van der Waals surface area contributed by atoms with E-state index >= 15 is 0 Å². The zero-order valence-electron chi connectivity index (χ0n) is 18.3. The second-order valence-corrected chi connectivity index (χ2v) is 7.42. The summed E-state index contributed by atoms with van der Waals surface area (Å²) in [6, 6.07) is 14.6. The van der Waals surface area contributed by atoms with Gasteiger partial charge >= 0.3 is 5.97 Å². The molecular formula is C25H30N2O4. The van der Waals surface area contributed by atoms with Crippen LogP contribution in [0.4, 0.5) is 0 Å². The fourth-order valence-corrected chi connectivity index (χ4v) is 3.02. The van der Waals surface area contributed by atoms with Crippen molar-refractivity contribution in [1.82, 2.24) is 10.1 Å². The second-order valence-electron chi connectivity index (χ2n) is 7.42. The number of hydrogen-bond donors (Lipinski definition) is 0.